The van der Waals surface area contributed by atoms with Crippen LogP contribution in [0.1, 0.15) is 44.6 Å². The number of hydrogen-bond donors (Lipinski definition) is 2. The van der Waals surface area contributed by atoms with Gasteiger partial charge >= 0.3 is 0 Å². The monoisotopic (exact) mass is 391 g/mol. The van der Waals surface area contributed by atoms with Crippen LogP contribution in [0.25, 0.3) is 0 Å². The fourth-order valence-corrected chi connectivity index (χ4v) is 3.70. The number of aliphatic hydroxyl groups is 1. The number of nitrogens with zero attached hydrogens (tertiary/aromatic N) is 4. The number of halogens is 1. The Morgan fingerprint density at radius 2 is 1.96 bits per heavy atom. The first-order valence-electron chi connectivity index (χ1n) is 9.89. The second kappa shape index (κ2) is 8.83. The van der Waals surface area contributed by atoms with Crippen molar-refractivity contribution in [3.05, 3.63) is 24.4 Å². The fourth-order valence-electron chi connectivity index (χ4n) is 3.70. The van der Waals surface area contributed by atoms with Crippen LogP contribution >= 0.6 is 0 Å². The summed E-state index contributed by atoms with van der Waals surface area (Å²) in [7, 11) is 0. The molecule has 2 fully saturated rings. The molecular weight excluding hydrogens is 365 g/mol. The summed E-state index contributed by atoms with van der Waals surface area (Å²) >= 11 is 0. The Morgan fingerprint density at radius 3 is 2.75 bits per heavy atom. The van der Waals surface area contributed by atoms with Crippen molar-refractivity contribution < 1.29 is 19.0 Å². The highest BCUT2D eigenvalue weighted by Gasteiger charge is 2.21. The van der Waals surface area contributed by atoms with Crippen molar-refractivity contribution in [1.29, 1.82) is 0 Å². The van der Waals surface area contributed by atoms with E-state index in [-0.39, 0.29) is 17.9 Å². The SMILES string of the molecule is O[C@H]1CC[C@H](COc2nc(Nc3cnn(C4CCOCC4)c3)ncc2F)CC1. The summed E-state index contributed by atoms with van der Waals surface area (Å²) in [4.78, 5) is 8.16. The van der Waals surface area contributed by atoms with Crippen LogP contribution in [0.15, 0.2) is 18.6 Å². The molecule has 3 heterocycles. The zero-order valence-corrected chi connectivity index (χ0v) is 15.8. The molecule has 1 aliphatic carbocycles. The van der Waals surface area contributed by atoms with Gasteiger partial charge in [0.2, 0.25) is 11.8 Å². The molecule has 9 heteroatoms. The highest BCUT2D eigenvalue weighted by atomic mass is 19.1. The zero-order valence-electron chi connectivity index (χ0n) is 15.8. The molecule has 0 bridgehead atoms. The van der Waals surface area contributed by atoms with Crippen LogP contribution in [0.5, 0.6) is 5.88 Å². The standard InChI is InChI=1S/C19H26FN5O3/c20-17-10-21-19(24-18(17)28-12-13-1-3-16(26)4-2-13)23-14-9-22-25(11-14)15-5-7-27-8-6-15/h9-11,13,15-16,26H,1-8,12H2,(H,21,23,24)/t13-,16-. The summed E-state index contributed by atoms with van der Waals surface area (Å²) in [5.41, 5.74) is 0.741. The number of ether oxygens (including phenoxy) is 2. The van der Waals surface area contributed by atoms with Gasteiger partial charge in [-0.05, 0) is 44.4 Å². The van der Waals surface area contributed by atoms with E-state index in [1.807, 2.05) is 10.9 Å². The van der Waals surface area contributed by atoms with Crippen LogP contribution in [0.2, 0.25) is 0 Å². The Hall–Kier alpha value is -2.26. The lowest BCUT2D eigenvalue weighted by atomic mass is 9.88. The topological polar surface area (TPSA) is 94.3 Å². The van der Waals surface area contributed by atoms with Crippen molar-refractivity contribution in [2.24, 2.45) is 5.92 Å². The van der Waals surface area contributed by atoms with Crippen molar-refractivity contribution in [2.75, 3.05) is 25.1 Å². The maximum Gasteiger partial charge on any atom is 0.255 e. The smallest absolute Gasteiger partial charge is 0.255 e. The van der Waals surface area contributed by atoms with E-state index in [4.69, 9.17) is 9.47 Å². The first-order valence-corrected chi connectivity index (χ1v) is 9.89. The average molecular weight is 391 g/mol. The molecular formula is C19H26FN5O3. The van der Waals surface area contributed by atoms with E-state index in [1.54, 1.807) is 6.20 Å². The minimum absolute atomic E-state index is 0.0551. The number of hydrogen-bond acceptors (Lipinski definition) is 7. The number of aromatic nitrogens is 4. The summed E-state index contributed by atoms with van der Waals surface area (Å²) in [5, 5.41) is 17.0. The van der Waals surface area contributed by atoms with E-state index in [2.05, 4.69) is 20.4 Å². The van der Waals surface area contributed by atoms with Gasteiger partial charge in [0.15, 0.2) is 0 Å². The highest BCUT2D eigenvalue weighted by molar-refractivity contribution is 5.50. The second-order valence-corrected chi connectivity index (χ2v) is 7.51. The van der Waals surface area contributed by atoms with E-state index in [9.17, 15) is 9.50 Å². The summed E-state index contributed by atoms with van der Waals surface area (Å²) in [6.07, 6.45) is 9.66. The quantitative estimate of drug-likeness (QED) is 0.782. The average Bonchev–Trinajstić information content (AvgIpc) is 3.19. The molecule has 0 aromatic carbocycles. The normalized spacial score (nSPS) is 23.5. The van der Waals surface area contributed by atoms with E-state index < -0.39 is 5.82 Å². The van der Waals surface area contributed by atoms with Crippen molar-refractivity contribution in [2.45, 2.75) is 50.7 Å². The van der Waals surface area contributed by atoms with Gasteiger partial charge in [-0.2, -0.15) is 14.5 Å². The number of rotatable bonds is 6. The molecule has 1 saturated heterocycles. The molecule has 8 nitrogen and oxygen atoms in total. The maximum atomic E-state index is 14.0. The van der Waals surface area contributed by atoms with Crippen molar-refractivity contribution >= 4 is 11.6 Å². The lowest BCUT2D eigenvalue weighted by Gasteiger charge is -2.25. The van der Waals surface area contributed by atoms with Crippen molar-refractivity contribution in [1.82, 2.24) is 19.7 Å². The van der Waals surface area contributed by atoms with Gasteiger partial charge in [0.05, 0.1) is 36.8 Å². The molecule has 2 aliphatic rings. The van der Waals surface area contributed by atoms with E-state index in [1.165, 1.54) is 0 Å². The number of nitrogens with one attached hydrogen (secondary N) is 1. The van der Waals surface area contributed by atoms with Gasteiger partial charge in [-0.15, -0.1) is 0 Å². The third-order valence-corrected chi connectivity index (χ3v) is 5.41. The van der Waals surface area contributed by atoms with Gasteiger partial charge in [-0.1, -0.05) is 0 Å². The van der Waals surface area contributed by atoms with Crippen molar-refractivity contribution in [3.63, 3.8) is 0 Å². The fraction of sp³-hybridized carbons (Fsp3) is 0.632. The summed E-state index contributed by atoms with van der Waals surface area (Å²) in [6.45, 7) is 1.88. The molecule has 152 valence electrons. The van der Waals surface area contributed by atoms with E-state index in [0.717, 1.165) is 63.6 Å². The predicted molar refractivity (Wildman–Crippen MR) is 100 cm³/mol. The lowest BCUT2D eigenvalue weighted by Crippen LogP contribution is -2.23. The molecule has 2 aromatic heterocycles. The zero-order chi connectivity index (χ0) is 19.3. The third kappa shape index (κ3) is 4.77. The van der Waals surface area contributed by atoms with Crippen LogP contribution in [-0.2, 0) is 4.74 Å². The van der Waals surface area contributed by atoms with Gasteiger partial charge in [0, 0.05) is 19.4 Å². The van der Waals surface area contributed by atoms with Crippen LogP contribution in [-0.4, -0.2) is 50.8 Å². The Morgan fingerprint density at radius 1 is 1.18 bits per heavy atom. The third-order valence-electron chi connectivity index (χ3n) is 5.41. The molecule has 0 atom stereocenters. The van der Waals surface area contributed by atoms with Gasteiger partial charge < -0.3 is 19.9 Å². The molecule has 28 heavy (non-hydrogen) atoms. The molecule has 4 rings (SSSR count). The minimum Gasteiger partial charge on any atom is -0.475 e. The van der Waals surface area contributed by atoms with E-state index >= 15 is 0 Å². The van der Waals surface area contributed by atoms with Crippen LogP contribution in [0.3, 0.4) is 0 Å². The number of aliphatic hydroxyl groups excluding tert-OH is 1. The van der Waals surface area contributed by atoms with Gasteiger partial charge in [-0.3, -0.25) is 4.68 Å². The van der Waals surface area contributed by atoms with Crippen LogP contribution in [0, 0.1) is 11.7 Å². The van der Waals surface area contributed by atoms with Gasteiger partial charge in [0.1, 0.15) is 0 Å². The second-order valence-electron chi connectivity index (χ2n) is 7.51. The molecule has 0 spiro atoms. The number of anilines is 2. The first-order chi connectivity index (χ1) is 13.7. The molecule has 1 saturated carbocycles. The van der Waals surface area contributed by atoms with Crippen molar-refractivity contribution in [3.8, 4) is 5.88 Å². The lowest BCUT2D eigenvalue weighted by molar-refractivity contribution is 0.0662. The van der Waals surface area contributed by atoms with E-state index in [0.29, 0.717) is 18.6 Å². The Balaban J connectivity index is 1.36. The molecule has 2 N–H and O–H groups in total. The highest BCUT2D eigenvalue weighted by Crippen LogP contribution is 2.26. The summed E-state index contributed by atoms with van der Waals surface area (Å²) < 4.78 is 26.9. The van der Waals surface area contributed by atoms with Gasteiger partial charge in [-0.25, -0.2) is 4.98 Å². The summed E-state index contributed by atoms with van der Waals surface area (Å²) in [5.74, 6) is -0.0615. The van der Waals surface area contributed by atoms with Crippen LogP contribution < -0.4 is 10.1 Å². The predicted octanol–water partition coefficient (Wildman–Crippen LogP) is 2.84. The molecule has 0 amide bonds. The largest absolute Gasteiger partial charge is 0.475 e. The van der Waals surface area contributed by atoms with Gasteiger partial charge in [0.25, 0.3) is 5.88 Å². The van der Waals surface area contributed by atoms with Crippen LogP contribution in [0.4, 0.5) is 16.0 Å². The molecule has 0 unspecified atom stereocenters. The Kier molecular flexibility index (Phi) is 6.01. The molecule has 0 radical (unpaired) electrons. The first kappa shape index (κ1) is 19.1. The Bertz CT molecular complexity index is 773. The minimum atomic E-state index is -0.584. The summed E-state index contributed by atoms with van der Waals surface area (Å²) in [6, 6.07) is 0.325. The molecule has 1 aliphatic heterocycles. The maximum absolute atomic E-state index is 14.0. The Labute approximate surface area is 163 Å². The molecule has 2 aromatic rings.